The summed E-state index contributed by atoms with van der Waals surface area (Å²) < 4.78 is 4.90. The predicted octanol–water partition coefficient (Wildman–Crippen LogP) is 16.3. The first-order valence-electron chi connectivity index (χ1n) is 21.5. The number of aromatic nitrogens is 2. The molecule has 0 radical (unpaired) electrons. The molecule has 13 aromatic rings. The molecular formula is C60H36N2. The molecule has 0 fully saturated rings. The van der Waals surface area contributed by atoms with Crippen LogP contribution in [-0.4, -0.2) is 9.13 Å². The van der Waals surface area contributed by atoms with Gasteiger partial charge in [-0.05, 0) is 137 Å². The minimum Gasteiger partial charge on any atom is -0.309 e. The average molecular weight is 785 g/mol. The van der Waals surface area contributed by atoms with E-state index in [9.17, 15) is 0 Å². The fourth-order valence-electron chi connectivity index (χ4n) is 11.0. The monoisotopic (exact) mass is 784 g/mol. The maximum atomic E-state index is 2.51. The van der Waals surface area contributed by atoms with Crippen LogP contribution in [0.2, 0.25) is 0 Å². The molecule has 0 atom stereocenters. The standard InChI is InChI=1S/C60H36N2/c1-4-18-42-39(15-1)40-16-2-5-19-43(40)54-36-56-52-34-38(62-59-27-13-9-23-49(59)50-24-10-14-28-60(50)62)30-32-46(52)51-33-37(61-57-25-11-7-21-47(57)48-22-8-12-26-58(48)61)29-31-45(51)41-17-3-6-20-44(41)55(56)35-53(42)54/h1-36H. The molecule has 0 amide bonds. The van der Waals surface area contributed by atoms with E-state index in [1.165, 1.54) is 120 Å². The SMILES string of the molecule is c1ccc2c(c1)-c1ccc(-n3c4ccccc4c4ccccc43)cc1-c1ccc(-n3c4ccccc4c4ccccc43)cc1-c1cc3c4ccccc4c4ccccc4c3cc1-2. The van der Waals surface area contributed by atoms with Gasteiger partial charge in [0.2, 0.25) is 0 Å². The molecule has 11 aromatic carbocycles. The third-order valence-electron chi connectivity index (χ3n) is 13.7. The molecular weight excluding hydrogens is 749 g/mol. The van der Waals surface area contributed by atoms with Crippen molar-refractivity contribution in [1.29, 1.82) is 0 Å². The molecule has 1 aliphatic rings. The number of hydrogen-bond donors (Lipinski definition) is 0. The number of rotatable bonds is 2. The Balaban J connectivity index is 1.14. The third-order valence-corrected chi connectivity index (χ3v) is 13.7. The molecule has 2 nitrogen and oxygen atoms in total. The van der Waals surface area contributed by atoms with E-state index < -0.39 is 0 Å². The molecule has 0 saturated carbocycles. The maximum Gasteiger partial charge on any atom is 0.0541 e. The van der Waals surface area contributed by atoms with Crippen molar-refractivity contribution in [2.24, 2.45) is 0 Å². The fourth-order valence-corrected chi connectivity index (χ4v) is 11.0. The molecule has 0 unspecified atom stereocenters. The number of para-hydroxylation sites is 4. The largest absolute Gasteiger partial charge is 0.309 e. The van der Waals surface area contributed by atoms with E-state index in [0.717, 1.165) is 11.4 Å². The first-order chi connectivity index (χ1) is 30.8. The molecule has 62 heavy (non-hydrogen) atoms. The van der Waals surface area contributed by atoms with Crippen molar-refractivity contribution in [3.8, 4) is 55.9 Å². The van der Waals surface area contributed by atoms with Crippen LogP contribution in [0.25, 0.3) is 132 Å². The molecule has 0 N–H and O–H groups in total. The second kappa shape index (κ2) is 12.7. The van der Waals surface area contributed by atoms with Crippen molar-refractivity contribution in [3.05, 3.63) is 218 Å². The molecule has 0 aliphatic heterocycles. The minimum absolute atomic E-state index is 1.14. The average Bonchev–Trinajstić information content (AvgIpc) is 3.86. The highest BCUT2D eigenvalue weighted by Gasteiger charge is 2.26. The van der Waals surface area contributed by atoms with Crippen LogP contribution >= 0.6 is 0 Å². The van der Waals surface area contributed by atoms with Crippen LogP contribution in [0.5, 0.6) is 0 Å². The van der Waals surface area contributed by atoms with Gasteiger partial charge in [0.25, 0.3) is 0 Å². The summed E-state index contributed by atoms with van der Waals surface area (Å²) in [6.07, 6.45) is 0. The lowest BCUT2D eigenvalue weighted by atomic mass is 9.79. The minimum atomic E-state index is 1.14. The fraction of sp³-hybridized carbons (Fsp3) is 0. The lowest BCUT2D eigenvalue weighted by Crippen LogP contribution is -2.02. The molecule has 2 heteroatoms. The Morgan fingerprint density at radius 1 is 0.177 bits per heavy atom. The summed E-state index contributed by atoms with van der Waals surface area (Å²) in [6.45, 7) is 0. The van der Waals surface area contributed by atoms with Gasteiger partial charge < -0.3 is 9.13 Å². The highest BCUT2D eigenvalue weighted by molar-refractivity contribution is 6.27. The van der Waals surface area contributed by atoms with Gasteiger partial charge in [-0.1, -0.05) is 158 Å². The highest BCUT2D eigenvalue weighted by atomic mass is 15.0. The van der Waals surface area contributed by atoms with Crippen molar-refractivity contribution >= 4 is 75.9 Å². The van der Waals surface area contributed by atoms with Crippen LogP contribution in [-0.2, 0) is 0 Å². The van der Waals surface area contributed by atoms with Crippen molar-refractivity contribution in [2.75, 3.05) is 0 Å². The summed E-state index contributed by atoms with van der Waals surface area (Å²) in [5, 5.41) is 12.7. The van der Waals surface area contributed by atoms with Gasteiger partial charge in [0.15, 0.2) is 0 Å². The number of nitrogens with zero attached hydrogens (tertiary/aromatic N) is 2. The molecule has 14 rings (SSSR count). The zero-order valence-corrected chi connectivity index (χ0v) is 33.7. The van der Waals surface area contributed by atoms with Crippen LogP contribution in [0.4, 0.5) is 0 Å². The second-order valence-corrected chi connectivity index (χ2v) is 16.8. The van der Waals surface area contributed by atoms with Gasteiger partial charge in [0, 0.05) is 32.9 Å². The van der Waals surface area contributed by atoms with Gasteiger partial charge in [0.1, 0.15) is 0 Å². The molecule has 0 spiro atoms. The van der Waals surface area contributed by atoms with Gasteiger partial charge in [-0.2, -0.15) is 0 Å². The molecule has 1 aliphatic carbocycles. The lowest BCUT2D eigenvalue weighted by molar-refractivity contribution is 1.18. The van der Waals surface area contributed by atoms with E-state index in [0.29, 0.717) is 0 Å². The summed E-state index contributed by atoms with van der Waals surface area (Å²) in [4.78, 5) is 0. The smallest absolute Gasteiger partial charge is 0.0541 e. The number of hydrogen-bond acceptors (Lipinski definition) is 0. The summed E-state index contributed by atoms with van der Waals surface area (Å²) in [7, 11) is 0. The van der Waals surface area contributed by atoms with Gasteiger partial charge in [0.05, 0.1) is 22.1 Å². The normalized spacial score (nSPS) is 12.2. The number of fused-ring (bicyclic) bond motifs is 20. The Morgan fingerprint density at radius 2 is 0.435 bits per heavy atom. The summed E-state index contributed by atoms with van der Waals surface area (Å²) in [6, 6.07) is 81.5. The number of benzene rings is 11. The van der Waals surface area contributed by atoms with Crippen LogP contribution in [0.3, 0.4) is 0 Å². The quantitative estimate of drug-likeness (QED) is 0.155. The van der Waals surface area contributed by atoms with E-state index in [1.807, 2.05) is 0 Å². The van der Waals surface area contributed by atoms with Crippen LogP contribution in [0, 0.1) is 0 Å². The van der Waals surface area contributed by atoms with Crippen LogP contribution in [0.1, 0.15) is 0 Å². The van der Waals surface area contributed by atoms with Gasteiger partial charge in [-0.3, -0.25) is 0 Å². The molecule has 2 heterocycles. The summed E-state index contributed by atoms with van der Waals surface area (Å²) in [5.74, 6) is 0. The van der Waals surface area contributed by atoms with E-state index in [-0.39, 0.29) is 0 Å². The van der Waals surface area contributed by atoms with Gasteiger partial charge in [-0.15, -0.1) is 0 Å². The zero-order valence-electron chi connectivity index (χ0n) is 33.7. The molecule has 286 valence electrons. The lowest BCUT2D eigenvalue weighted by Gasteiger charge is -2.26. The summed E-state index contributed by atoms with van der Waals surface area (Å²) >= 11 is 0. The zero-order chi connectivity index (χ0) is 40.5. The van der Waals surface area contributed by atoms with E-state index in [4.69, 9.17) is 0 Å². The van der Waals surface area contributed by atoms with E-state index in [1.54, 1.807) is 0 Å². The molecule has 0 saturated heterocycles. The van der Waals surface area contributed by atoms with Crippen LogP contribution in [0.15, 0.2) is 218 Å². The third kappa shape index (κ3) is 4.58. The van der Waals surface area contributed by atoms with E-state index in [2.05, 4.69) is 228 Å². The van der Waals surface area contributed by atoms with Crippen LogP contribution < -0.4 is 0 Å². The van der Waals surface area contributed by atoms with Gasteiger partial charge in [-0.25, -0.2) is 0 Å². The van der Waals surface area contributed by atoms with Crippen molar-refractivity contribution in [1.82, 2.24) is 9.13 Å². The molecule has 2 aromatic heterocycles. The van der Waals surface area contributed by atoms with Crippen molar-refractivity contribution in [3.63, 3.8) is 0 Å². The Hall–Kier alpha value is -8.20. The van der Waals surface area contributed by atoms with Crippen molar-refractivity contribution < 1.29 is 0 Å². The molecule has 0 bridgehead atoms. The highest BCUT2D eigenvalue weighted by Crippen LogP contribution is 2.51. The Morgan fingerprint density at radius 3 is 0.855 bits per heavy atom. The topological polar surface area (TPSA) is 9.86 Å². The van der Waals surface area contributed by atoms with Crippen molar-refractivity contribution in [2.45, 2.75) is 0 Å². The summed E-state index contributed by atoms with van der Waals surface area (Å²) in [5.41, 5.74) is 16.9. The first-order valence-corrected chi connectivity index (χ1v) is 21.5. The Kier molecular flexibility index (Phi) is 6.86. The Bertz CT molecular complexity index is 3940. The maximum absolute atomic E-state index is 2.51. The Labute approximate surface area is 357 Å². The predicted molar refractivity (Wildman–Crippen MR) is 263 cm³/mol. The second-order valence-electron chi connectivity index (χ2n) is 16.8. The first kappa shape index (κ1) is 33.6. The van der Waals surface area contributed by atoms with Gasteiger partial charge >= 0.3 is 0 Å². The van der Waals surface area contributed by atoms with E-state index >= 15 is 0 Å².